The van der Waals surface area contributed by atoms with Gasteiger partial charge in [0.15, 0.2) is 0 Å². The second kappa shape index (κ2) is 7.21. The lowest BCUT2D eigenvalue weighted by Gasteiger charge is -2.30. The van der Waals surface area contributed by atoms with Gasteiger partial charge in [-0.05, 0) is 26.7 Å². The van der Waals surface area contributed by atoms with E-state index in [0.717, 1.165) is 19.7 Å². The second-order valence-electron chi connectivity index (χ2n) is 4.42. The van der Waals surface area contributed by atoms with Crippen LogP contribution in [0.2, 0.25) is 0 Å². The monoisotopic (exact) mass is 202 g/mol. The van der Waals surface area contributed by atoms with E-state index in [1.165, 1.54) is 0 Å². The van der Waals surface area contributed by atoms with Crippen molar-refractivity contribution in [3.8, 4) is 0 Å². The summed E-state index contributed by atoms with van der Waals surface area (Å²) in [7, 11) is 1.74. The Balaban J connectivity index is 3.95. The summed E-state index contributed by atoms with van der Waals surface area (Å²) in [6.45, 7) is 11.5. The number of nitrogens with zero attached hydrogens (tertiary/aromatic N) is 1. The Hall–Kier alpha value is -0.120. The van der Waals surface area contributed by atoms with Crippen LogP contribution in [0.5, 0.6) is 0 Å². The van der Waals surface area contributed by atoms with Gasteiger partial charge in [-0.15, -0.1) is 0 Å². The first-order chi connectivity index (χ1) is 6.49. The molecule has 0 rings (SSSR count). The molecule has 0 aromatic carbocycles. The Kier molecular flexibility index (Phi) is 7.15. The van der Waals surface area contributed by atoms with Gasteiger partial charge in [0.25, 0.3) is 0 Å². The van der Waals surface area contributed by atoms with E-state index in [0.29, 0.717) is 12.0 Å². The number of rotatable bonds is 7. The van der Waals surface area contributed by atoms with Crippen LogP contribution < -0.4 is 5.73 Å². The summed E-state index contributed by atoms with van der Waals surface area (Å²) in [4.78, 5) is 2.41. The summed E-state index contributed by atoms with van der Waals surface area (Å²) in [5, 5.41) is 0. The van der Waals surface area contributed by atoms with E-state index in [-0.39, 0.29) is 6.04 Å². The fourth-order valence-electron chi connectivity index (χ4n) is 1.31. The molecule has 0 aromatic rings. The third kappa shape index (κ3) is 5.58. The summed E-state index contributed by atoms with van der Waals surface area (Å²) < 4.78 is 5.09. The number of hydrogen-bond donors (Lipinski definition) is 1. The van der Waals surface area contributed by atoms with Crippen LogP contribution in [0.4, 0.5) is 0 Å². The zero-order chi connectivity index (χ0) is 11.1. The normalized spacial score (nSPS) is 16.3. The predicted octanol–water partition coefficient (Wildman–Crippen LogP) is 1.33. The van der Waals surface area contributed by atoms with Gasteiger partial charge in [-0.2, -0.15) is 0 Å². The fourth-order valence-corrected chi connectivity index (χ4v) is 1.31. The first-order valence-corrected chi connectivity index (χ1v) is 5.47. The quantitative estimate of drug-likeness (QED) is 0.677. The standard InChI is InChI=1S/C11H26N2O/c1-9(2)13(6-7-14-5)8-10(3)11(4)12/h9-11H,6-8,12H2,1-5H3. The average molecular weight is 202 g/mol. The molecule has 2 atom stereocenters. The second-order valence-corrected chi connectivity index (χ2v) is 4.42. The number of nitrogens with two attached hydrogens (primary N) is 1. The first kappa shape index (κ1) is 13.9. The summed E-state index contributed by atoms with van der Waals surface area (Å²) in [6, 6.07) is 0.824. The fraction of sp³-hybridized carbons (Fsp3) is 1.00. The van der Waals surface area contributed by atoms with Crippen LogP contribution in [0.3, 0.4) is 0 Å². The zero-order valence-electron chi connectivity index (χ0n) is 10.3. The Morgan fingerprint density at radius 1 is 1.21 bits per heavy atom. The van der Waals surface area contributed by atoms with Crippen LogP contribution in [-0.4, -0.2) is 43.8 Å². The molecule has 0 saturated heterocycles. The van der Waals surface area contributed by atoms with Crippen molar-refractivity contribution in [2.45, 2.75) is 39.8 Å². The van der Waals surface area contributed by atoms with Crippen LogP contribution >= 0.6 is 0 Å². The van der Waals surface area contributed by atoms with E-state index < -0.39 is 0 Å². The Morgan fingerprint density at radius 3 is 2.14 bits per heavy atom. The van der Waals surface area contributed by atoms with E-state index >= 15 is 0 Å². The highest BCUT2D eigenvalue weighted by atomic mass is 16.5. The predicted molar refractivity (Wildman–Crippen MR) is 61.4 cm³/mol. The Bertz CT molecular complexity index is 137. The summed E-state index contributed by atoms with van der Waals surface area (Å²) in [5.74, 6) is 0.536. The van der Waals surface area contributed by atoms with Crippen molar-refractivity contribution in [2.75, 3.05) is 26.8 Å². The van der Waals surface area contributed by atoms with E-state index in [1.54, 1.807) is 7.11 Å². The van der Waals surface area contributed by atoms with E-state index in [4.69, 9.17) is 10.5 Å². The molecule has 0 bridgehead atoms. The van der Waals surface area contributed by atoms with Crippen molar-refractivity contribution < 1.29 is 4.74 Å². The molecule has 3 nitrogen and oxygen atoms in total. The topological polar surface area (TPSA) is 38.5 Å². The lowest BCUT2D eigenvalue weighted by Crippen LogP contribution is -2.41. The van der Waals surface area contributed by atoms with Crippen LogP contribution in [0.25, 0.3) is 0 Å². The van der Waals surface area contributed by atoms with Crippen LogP contribution in [0, 0.1) is 5.92 Å². The maximum atomic E-state index is 5.86. The Morgan fingerprint density at radius 2 is 1.79 bits per heavy atom. The van der Waals surface area contributed by atoms with Crippen molar-refractivity contribution in [1.82, 2.24) is 4.90 Å². The molecule has 2 N–H and O–H groups in total. The van der Waals surface area contributed by atoms with Gasteiger partial charge in [0.2, 0.25) is 0 Å². The first-order valence-electron chi connectivity index (χ1n) is 5.47. The molecule has 0 fully saturated rings. The van der Waals surface area contributed by atoms with Gasteiger partial charge in [0.1, 0.15) is 0 Å². The number of hydrogen-bond acceptors (Lipinski definition) is 3. The molecule has 0 aliphatic rings. The highest BCUT2D eigenvalue weighted by Gasteiger charge is 2.15. The summed E-state index contributed by atoms with van der Waals surface area (Å²) in [6.07, 6.45) is 0. The van der Waals surface area contributed by atoms with Gasteiger partial charge >= 0.3 is 0 Å². The molecule has 0 aliphatic carbocycles. The molecule has 86 valence electrons. The van der Waals surface area contributed by atoms with Crippen LogP contribution in [0.1, 0.15) is 27.7 Å². The maximum Gasteiger partial charge on any atom is 0.0589 e. The minimum Gasteiger partial charge on any atom is -0.383 e. The minimum absolute atomic E-state index is 0.263. The highest BCUT2D eigenvalue weighted by molar-refractivity contribution is 4.71. The molecule has 0 heterocycles. The van der Waals surface area contributed by atoms with Gasteiger partial charge in [-0.1, -0.05) is 6.92 Å². The lowest BCUT2D eigenvalue weighted by atomic mass is 10.0. The van der Waals surface area contributed by atoms with Gasteiger partial charge < -0.3 is 10.5 Å². The van der Waals surface area contributed by atoms with Crippen molar-refractivity contribution in [3.05, 3.63) is 0 Å². The van der Waals surface area contributed by atoms with Gasteiger partial charge in [-0.25, -0.2) is 0 Å². The molecular weight excluding hydrogens is 176 g/mol. The molecule has 0 spiro atoms. The van der Waals surface area contributed by atoms with Crippen molar-refractivity contribution >= 4 is 0 Å². The van der Waals surface area contributed by atoms with Gasteiger partial charge in [0, 0.05) is 32.3 Å². The molecule has 0 amide bonds. The molecular formula is C11H26N2O. The van der Waals surface area contributed by atoms with Crippen LogP contribution in [-0.2, 0) is 4.74 Å². The largest absolute Gasteiger partial charge is 0.383 e. The maximum absolute atomic E-state index is 5.86. The van der Waals surface area contributed by atoms with E-state index in [2.05, 4.69) is 32.6 Å². The molecule has 0 radical (unpaired) electrons. The van der Waals surface area contributed by atoms with Crippen LogP contribution in [0.15, 0.2) is 0 Å². The highest BCUT2D eigenvalue weighted by Crippen LogP contribution is 2.06. The third-order valence-corrected chi connectivity index (χ3v) is 2.73. The number of methoxy groups -OCH3 is 1. The van der Waals surface area contributed by atoms with Crippen molar-refractivity contribution in [1.29, 1.82) is 0 Å². The lowest BCUT2D eigenvalue weighted by molar-refractivity contribution is 0.115. The SMILES string of the molecule is COCCN(CC(C)C(C)N)C(C)C. The molecule has 2 unspecified atom stereocenters. The summed E-state index contributed by atoms with van der Waals surface area (Å²) >= 11 is 0. The molecule has 0 aromatic heterocycles. The minimum atomic E-state index is 0.263. The van der Waals surface area contributed by atoms with Gasteiger partial charge in [-0.3, -0.25) is 4.90 Å². The zero-order valence-corrected chi connectivity index (χ0v) is 10.3. The van der Waals surface area contributed by atoms with E-state index in [9.17, 15) is 0 Å². The van der Waals surface area contributed by atoms with Crippen molar-refractivity contribution in [2.24, 2.45) is 11.7 Å². The Labute approximate surface area is 88.6 Å². The smallest absolute Gasteiger partial charge is 0.0589 e. The number of ether oxygens (including phenoxy) is 1. The average Bonchev–Trinajstić information content (AvgIpc) is 2.10. The third-order valence-electron chi connectivity index (χ3n) is 2.73. The van der Waals surface area contributed by atoms with E-state index in [1.807, 2.05) is 0 Å². The van der Waals surface area contributed by atoms with Gasteiger partial charge in [0.05, 0.1) is 6.61 Å². The molecule has 14 heavy (non-hydrogen) atoms. The summed E-state index contributed by atoms with van der Waals surface area (Å²) in [5.41, 5.74) is 5.86. The van der Waals surface area contributed by atoms with Crippen molar-refractivity contribution in [3.63, 3.8) is 0 Å². The molecule has 3 heteroatoms. The molecule has 0 aliphatic heterocycles. The molecule has 0 saturated carbocycles.